The number of ether oxygens (including phenoxy) is 2. The molecule has 2 fully saturated rings. The van der Waals surface area contributed by atoms with Crippen molar-refractivity contribution in [1.82, 2.24) is 28.8 Å². The normalized spacial score (nSPS) is 19.9. The summed E-state index contributed by atoms with van der Waals surface area (Å²) in [7, 11) is -4.20. The quantitative estimate of drug-likeness (QED) is 0.185. The second-order valence-electron chi connectivity index (χ2n) is 16.4. The maximum absolute atomic E-state index is 14.8. The number of nitrogens with one attached hydrogen (secondary N) is 1. The van der Waals surface area contributed by atoms with Crippen LogP contribution in [0.5, 0.6) is 5.88 Å². The Morgan fingerprint density at radius 2 is 1.74 bits per heavy atom. The van der Waals surface area contributed by atoms with Crippen LogP contribution in [0, 0.1) is 26.2 Å². The van der Waals surface area contributed by atoms with Gasteiger partial charge in [-0.25, -0.2) is 8.42 Å². The fourth-order valence-electron chi connectivity index (χ4n) is 8.48. The van der Waals surface area contributed by atoms with Crippen LogP contribution in [0.1, 0.15) is 91.6 Å². The Morgan fingerprint density at radius 3 is 2.40 bits per heavy atom. The number of fused-ring (bicyclic) bond motifs is 2. The van der Waals surface area contributed by atoms with Crippen LogP contribution in [0.3, 0.4) is 0 Å². The van der Waals surface area contributed by atoms with E-state index in [1.807, 2.05) is 19.9 Å². The molecule has 3 aliphatic heterocycles. The van der Waals surface area contributed by atoms with Crippen molar-refractivity contribution in [3.05, 3.63) is 75.7 Å². The van der Waals surface area contributed by atoms with Crippen LogP contribution in [0.15, 0.2) is 41.4 Å². The Morgan fingerprint density at radius 1 is 1.04 bits per heavy atom. The van der Waals surface area contributed by atoms with Gasteiger partial charge in [-0.1, -0.05) is 18.2 Å². The number of rotatable bonds is 10. The summed E-state index contributed by atoms with van der Waals surface area (Å²) in [6, 6.07) is 8.56. The lowest BCUT2D eigenvalue weighted by Crippen LogP contribution is -2.50. The summed E-state index contributed by atoms with van der Waals surface area (Å²) in [5.41, 5.74) is 0.987. The number of hydrogen-bond donors (Lipinski definition) is 2. The van der Waals surface area contributed by atoms with Crippen molar-refractivity contribution in [3.8, 4) is 5.88 Å². The van der Waals surface area contributed by atoms with Gasteiger partial charge in [0.25, 0.3) is 0 Å². The first-order chi connectivity index (χ1) is 26.8. The van der Waals surface area contributed by atoms with Gasteiger partial charge in [-0.3, -0.25) is 9.20 Å². The predicted octanol–water partition coefficient (Wildman–Crippen LogP) is 6.34. The average Bonchev–Trinajstić information content (AvgIpc) is 3.81. The number of nitrogens with zero attached hydrogens (tertiary/aromatic N) is 6. The summed E-state index contributed by atoms with van der Waals surface area (Å²) < 4.78 is 85.4. The van der Waals surface area contributed by atoms with E-state index >= 15 is 0 Å². The van der Waals surface area contributed by atoms with Crippen molar-refractivity contribution < 1.29 is 41.0 Å². The molecule has 308 valence electrons. The van der Waals surface area contributed by atoms with Crippen LogP contribution >= 0.6 is 0 Å². The van der Waals surface area contributed by atoms with E-state index in [0.29, 0.717) is 59.7 Å². The van der Waals surface area contributed by atoms with E-state index in [9.17, 15) is 31.5 Å². The number of aryl methyl sites for hydroxylation is 3. The van der Waals surface area contributed by atoms with Crippen molar-refractivity contribution >= 4 is 27.5 Å². The van der Waals surface area contributed by atoms with Crippen LogP contribution in [-0.2, 0) is 32.3 Å². The van der Waals surface area contributed by atoms with Crippen molar-refractivity contribution in [2.45, 2.75) is 102 Å². The highest BCUT2D eigenvalue weighted by atomic mass is 32.2. The maximum atomic E-state index is 14.8. The largest absolute Gasteiger partial charge is 0.481 e. The maximum Gasteiger partial charge on any atom is 0.452 e. The van der Waals surface area contributed by atoms with Gasteiger partial charge in [-0.05, 0) is 113 Å². The van der Waals surface area contributed by atoms with Crippen molar-refractivity contribution in [2.24, 2.45) is 5.41 Å². The van der Waals surface area contributed by atoms with Crippen molar-refractivity contribution in [1.29, 1.82) is 0 Å². The monoisotopic (exact) mass is 813 g/mol. The number of halogens is 3. The lowest BCUT2D eigenvalue weighted by Gasteiger charge is -2.38. The molecule has 1 unspecified atom stereocenters. The summed E-state index contributed by atoms with van der Waals surface area (Å²) in [5, 5.41) is 21.2. The van der Waals surface area contributed by atoms with E-state index in [2.05, 4.69) is 27.3 Å². The number of carbonyl (C=O) groups is 1. The minimum absolute atomic E-state index is 0.0279. The van der Waals surface area contributed by atoms with Gasteiger partial charge in [0.15, 0.2) is 5.65 Å². The molecular weight excluding hydrogens is 764 g/mol. The number of likely N-dealkylation sites (tertiary alicyclic amines) is 1. The summed E-state index contributed by atoms with van der Waals surface area (Å²) in [6.07, 6.45) is -0.304. The zero-order chi connectivity index (χ0) is 41.1. The molecule has 3 aromatic heterocycles. The lowest BCUT2D eigenvalue weighted by molar-refractivity contribution is -0.147. The molecule has 0 amide bonds. The summed E-state index contributed by atoms with van der Waals surface area (Å²) in [5.74, 6) is -2.57. The Bertz CT molecular complexity index is 2280. The van der Waals surface area contributed by atoms with Gasteiger partial charge in [0.05, 0.1) is 25.2 Å². The zero-order valence-electron chi connectivity index (χ0n) is 33.1. The first kappa shape index (κ1) is 40.9. The molecular formula is C40H50F3N7O6S. The highest BCUT2D eigenvalue weighted by molar-refractivity contribution is 7.89. The number of aliphatic carboxylic acids is 1. The molecule has 2 saturated heterocycles. The van der Waals surface area contributed by atoms with Crippen molar-refractivity contribution in [2.75, 3.05) is 44.7 Å². The van der Waals surface area contributed by atoms with E-state index in [1.165, 1.54) is 29.4 Å². The second-order valence-corrected chi connectivity index (χ2v) is 18.3. The third-order valence-corrected chi connectivity index (χ3v) is 13.6. The summed E-state index contributed by atoms with van der Waals surface area (Å²) in [4.78, 5) is 20.1. The van der Waals surface area contributed by atoms with E-state index in [1.54, 1.807) is 39.0 Å². The first-order valence-corrected chi connectivity index (χ1v) is 20.8. The topological polar surface area (TPSA) is 151 Å². The van der Waals surface area contributed by atoms with E-state index < -0.39 is 44.9 Å². The standard InChI is InChI=1S/C40H50F3N7O6S/c1-24-9-10-28(32(38(5,6)37(51)52)30-11-16-50-34(27(30)4)46-47-36(50)40(41,42)43)20-29(24)22-49-23-39(12-17-55-18-13-39)56-35-31(57(49,53)54)19-25(2)33(45-35)44-26(3)21-48-14-7-8-15-48/h9-11,16,19-20,26,32H,7-8,12-15,17-18,21-23H2,1-6H3,(H,44,45)(H,51,52)/t26-,32?/m0/s1. The molecule has 2 N–H and O–H groups in total. The SMILES string of the molecule is Cc1ccc(C(c2ccn3c(C(F)(F)F)nnc3c2C)C(C)(C)C(=O)O)cc1CN1CC2(CCOCC2)Oc2nc(N[C@@H](C)CN3CCCC3)c(C)cc2S1(=O)=O. The highest BCUT2D eigenvalue weighted by Crippen LogP contribution is 2.45. The lowest BCUT2D eigenvalue weighted by atomic mass is 9.70. The van der Waals surface area contributed by atoms with E-state index in [-0.39, 0.29) is 35.6 Å². The van der Waals surface area contributed by atoms with Crippen LogP contribution in [0.25, 0.3) is 5.65 Å². The van der Waals surface area contributed by atoms with Gasteiger partial charge in [0.2, 0.25) is 21.7 Å². The fourth-order valence-corrected chi connectivity index (χ4v) is 10.1. The van der Waals surface area contributed by atoms with E-state index in [4.69, 9.17) is 14.5 Å². The number of hydrogen-bond acceptors (Lipinski definition) is 10. The number of alkyl halides is 3. The van der Waals surface area contributed by atoms with Crippen molar-refractivity contribution in [3.63, 3.8) is 0 Å². The number of sulfonamides is 1. The van der Waals surface area contributed by atoms with Crippen LogP contribution in [0.4, 0.5) is 19.0 Å². The molecule has 1 spiro atoms. The number of aromatic nitrogens is 4. The molecule has 2 atom stereocenters. The highest BCUT2D eigenvalue weighted by Gasteiger charge is 2.47. The molecule has 7 rings (SSSR count). The smallest absolute Gasteiger partial charge is 0.452 e. The van der Waals surface area contributed by atoms with Crippen LogP contribution < -0.4 is 10.1 Å². The Hall–Kier alpha value is -4.32. The molecule has 0 aliphatic carbocycles. The first-order valence-electron chi connectivity index (χ1n) is 19.3. The predicted molar refractivity (Wildman–Crippen MR) is 206 cm³/mol. The Balaban J connectivity index is 1.28. The molecule has 0 saturated carbocycles. The van der Waals surface area contributed by atoms with Crippen LogP contribution in [-0.4, -0.2) is 99.3 Å². The van der Waals surface area contributed by atoms with Crippen LogP contribution in [0.2, 0.25) is 0 Å². The average molecular weight is 814 g/mol. The molecule has 0 radical (unpaired) electrons. The van der Waals surface area contributed by atoms with E-state index in [0.717, 1.165) is 29.6 Å². The zero-order valence-corrected chi connectivity index (χ0v) is 33.9. The molecule has 3 aliphatic rings. The molecule has 17 heteroatoms. The molecule has 57 heavy (non-hydrogen) atoms. The number of anilines is 1. The molecule has 0 bridgehead atoms. The van der Waals surface area contributed by atoms with Gasteiger partial charge < -0.3 is 24.8 Å². The number of carboxylic acids is 1. The number of pyridine rings is 2. The van der Waals surface area contributed by atoms with Gasteiger partial charge >= 0.3 is 12.1 Å². The molecule has 1 aromatic carbocycles. The van der Waals surface area contributed by atoms with Gasteiger partial charge in [-0.2, -0.15) is 22.5 Å². The Kier molecular flexibility index (Phi) is 10.8. The summed E-state index contributed by atoms with van der Waals surface area (Å²) >= 11 is 0. The molecule has 4 aromatic rings. The number of benzene rings is 1. The second kappa shape index (κ2) is 15.1. The third kappa shape index (κ3) is 7.82. The minimum atomic E-state index is -4.75. The van der Waals surface area contributed by atoms with Gasteiger partial charge in [0, 0.05) is 44.1 Å². The van der Waals surface area contributed by atoms with Gasteiger partial charge in [-0.15, -0.1) is 10.2 Å². The van der Waals surface area contributed by atoms with Gasteiger partial charge in [0.1, 0.15) is 16.3 Å². The molecule has 13 nitrogen and oxygen atoms in total. The summed E-state index contributed by atoms with van der Waals surface area (Å²) in [6.45, 7) is 14.2. The number of carboxylic acid groups (broad SMARTS) is 1. The fraction of sp³-hybridized carbons (Fsp3) is 0.550. The minimum Gasteiger partial charge on any atom is -0.481 e. The Labute approximate surface area is 330 Å². The third-order valence-electron chi connectivity index (χ3n) is 11.8. The molecule has 6 heterocycles.